The summed E-state index contributed by atoms with van der Waals surface area (Å²) in [6.07, 6.45) is 0. The fourth-order valence-corrected chi connectivity index (χ4v) is 4.47. The number of hydrogen-bond donors (Lipinski definition) is 0. The van der Waals surface area contributed by atoms with Gasteiger partial charge in [-0.3, -0.25) is 9.69 Å². The van der Waals surface area contributed by atoms with Crippen LogP contribution in [0.15, 0.2) is 46.0 Å². The third-order valence-corrected chi connectivity index (χ3v) is 7.09. The molecule has 26 heavy (non-hydrogen) atoms. The van der Waals surface area contributed by atoms with E-state index in [1.54, 1.807) is 23.5 Å². The Morgan fingerprint density at radius 3 is 2.27 bits per heavy atom. The smallest absolute Gasteiger partial charge is 0.253 e. The normalized spacial score (nSPS) is 16.2. The Kier molecular flexibility index (Phi) is 5.76. The van der Waals surface area contributed by atoms with E-state index in [1.807, 2.05) is 4.90 Å². The van der Waals surface area contributed by atoms with Crippen molar-refractivity contribution in [1.29, 1.82) is 0 Å². The Bertz CT molecular complexity index is 838. The summed E-state index contributed by atoms with van der Waals surface area (Å²) in [6, 6.07) is 8.31. The van der Waals surface area contributed by atoms with Crippen LogP contribution in [0.1, 0.15) is 15.9 Å². The van der Waals surface area contributed by atoms with Crippen molar-refractivity contribution in [3.05, 3.63) is 52.2 Å². The zero-order valence-corrected chi connectivity index (χ0v) is 16.6. The lowest BCUT2D eigenvalue weighted by molar-refractivity contribution is 0.0628. The van der Waals surface area contributed by atoms with E-state index in [2.05, 4.69) is 21.7 Å². The Hall–Kier alpha value is -1.74. The quantitative estimate of drug-likeness (QED) is 0.779. The minimum atomic E-state index is -3.47. The molecule has 0 N–H and O–H groups in total. The summed E-state index contributed by atoms with van der Waals surface area (Å²) in [7, 11) is -0.494. The molecule has 2 heterocycles. The summed E-state index contributed by atoms with van der Waals surface area (Å²) in [4.78, 5) is 17.0. The first kappa shape index (κ1) is 19.0. The highest BCUT2D eigenvalue weighted by Gasteiger charge is 2.23. The molecule has 0 unspecified atom stereocenters. The molecule has 2 aromatic rings. The number of benzene rings is 1. The van der Waals surface area contributed by atoms with Crippen molar-refractivity contribution in [1.82, 2.24) is 14.1 Å². The van der Waals surface area contributed by atoms with Crippen molar-refractivity contribution in [2.75, 3.05) is 40.3 Å². The molecule has 6 nitrogen and oxygen atoms in total. The van der Waals surface area contributed by atoms with Gasteiger partial charge in [-0.2, -0.15) is 11.3 Å². The number of sulfonamides is 1. The molecule has 0 radical (unpaired) electrons. The fourth-order valence-electron chi connectivity index (χ4n) is 2.91. The second kappa shape index (κ2) is 7.87. The third-order valence-electron chi connectivity index (χ3n) is 4.53. The number of nitrogens with zero attached hydrogens (tertiary/aromatic N) is 3. The Balaban J connectivity index is 1.60. The van der Waals surface area contributed by atoms with E-state index in [9.17, 15) is 13.2 Å². The van der Waals surface area contributed by atoms with Gasteiger partial charge in [-0.25, -0.2) is 12.7 Å². The molecule has 0 atom stereocenters. The van der Waals surface area contributed by atoms with Crippen LogP contribution in [0.5, 0.6) is 0 Å². The van der Waals surface area contributed by atoms with Gasteiger partial charge in [-0.15, -0.1) is 0 Å². The second-order valence-electron chi connectivity index (χ2n) is 6.51. The largest absolute Gasteiger partial charge is 0.336 e. The van der Waals surface area contributed by atoms with Crippen molar-refractivity contribution >= 4 is 27.3 Å². The predicted octanol–water partition coefficient (Wildman–Crippen LogP) is 1.96. The number of amides is 1. The monoisotopic (exact) mass is 393 g/mol. The molecular weight excluding hydrogens is 370 g/mol. The van der Waals surface area contributed by atoms with E-state index in [1.165, 1.54) is 31.8 Å². The van der Waals surface area contributed by atoms with Crippen molar-refractivity contribution in [3.63, 3.8) is 0 Å². The molecule has 1 saturated heterocycles. The van der Waals surface area contributed by atoms with E-state index in [0.29, 0.717) is 18.7 Å². The van der Waals surface area contributed by atoms with Crippen LogP contribution in [0.2, 0.25) is 0 Å². The highest BCUT2D eigenvalue weighted by molar-refractivity contribution is 7.89. The Morgan fingerprint density at radius 1 is 1.08 bits per heavy atom. The maximum Gasteiger partial charge on any atom is 0.253 e. The molecule has 0 spiro atoms. The van der Waals surface area contributed by atoms with Gasteiger partial charge < -0.3 is 4.90 Å². The summed E-state index contributed by atoms with van der Waals surface area (Å²) in [5.41, 5.74) is 1.83. The molecule has 1 aliphatic heterocycles. The molecule has 1 fully saturated rings. The van der Waals surface area contributed by atoms with E-state index >= 15 is 0 Å². The van der Waals surface area contributed by atoms with Crippen LogP contribution in [0.4, 0.5) is 0 Å². The predicted molar refractivity (Wildman–Crippen MR) is 103 cm³/mol. The highest BCUT2D eigenvalue weighted by Crippen LogP contribution is 2.17. The van der Waals surface area contributed by atoms with Gasteiger partial charge in [0.05, 0.1) is 4.90 Å². The minimum absolute atomic E-state index is 0.0472. The molecule has 1 amide bonds. The Labute approximate surface area is 158 Å². The number of carbonyl (C=O) groups excluding carboxylic acids is 1. The number of piperazine rings is 1. The van der Waals surface area contributed by atoms with Gasteiger partial charge in [0.25, 0.3) is 5.91 Å². The van der Waals surface area contributed by atoms with Gasteiger partial charge in [-0.05, 0) is 46.7 Å². The van der Waals surface area contributed by atoms with Gasteiger partial charge in [0.1, 0.15) is 0 Å². The minimum Gasteiger partial charge on any atom is -0.336 e. The molecule has 1 aromatic carbocycles. The summed E-state index contributed by atoms with van der Waals surface area (Å²) in [5.74, 6) is -0.0472. The zero-order chi connectivity index (χ0) is 18.7. The molecule has 8 heteroatoms. The summed E-state index contributed by atoms with van der Waals surface area (Å²) in [5, 5.41) is 4.23. The third kappa shape index (κ3) is 4.15. The van der Waals surface area contributed by atoms with Crippen molar-refractivity contribution in [3.8, 4) is 0 Å². The number of thiophene rings is 1. The van der Waals surface area contributed by atoms with Crippen LogP contribution >= 0.6 is 11.3 Å². The van der Waals surface area contributed by atoms with Gasteiger partial charge in [0.2, 0.25) is 10.0 Å². The topological polar surface area (TPSA) is 60.9 Å². The van der Waals surface area contributed by atoms with Crippen LogP contribution in [0, 0.1) is 0 Å². The maximum atomic E-state index is 12.7. The van der Waals surface area contributed by atoms with Crippen LogP contribution in [0.25, 0.3) is 0 Å². The lowest BCUT2D eigenvalue weighted by Gasteiger charge is -2.34. The first-order valence-corrected chi connectivity index (χ1v) is 10.8. The van der Waals surface area contributed by atoms with Crippen LogP contribution in [0.3, 0.4) is 0 Å². The van der Waals surface area contributed by atoms with Gasteiger partial charge in [0, 0.05) is 52.4 Å². The Morgan fingerprint density at radius 2 is 1.73 bits per heavy atom. The molecule has 1 aliphatic rings. The average Bonchev–Trinajstić information content (AvgIpc) is 3.15. The summed E-state index contributed by atoms with van der Waals surface area (Å²) < 4.78 is 25.4. The summed E-state index contributed by atoms with van der Waals surface area (Å²) in [6.45, 7) is 3.97. The van der Waals surface area contributed by atoms with Crippen LogP contribution in [-0.2, 0) is 16.6 Å². The molecule has 3 rings (SSSR count). The van der Waals surface area contributed by atoms with E-state index in [-0.39, 0.29) is 10.8 Å². The number of rotatable bonds is 5. The van der Waals surface area contributed by atoms with E-state index in [0.717, 1.165) is 23.9 Å². The standard InChI is InChI=1S/C18H23N3O3S2/c1-19(2)26(23,24)17-5-3-16(4-6-17)18(22)21-10-8-20(9-11-21)13-15-7-12-25-14-15/h3-7,12,14H,8-11,13H2,1-2H3. The van der Waals surface area contributed by atoms with E-state index < -0.39 is 10.0 Å². The molecule has 0 bridgehead atoms. The van der Waals surface area contributed by atoms with Crippen molar-refractivity contribution in [2.45, 2.75) is 11.4 Å². The van der Waals surface area contributed by atoms with Crippen LogP contribution in [-0.4, -0.2) is 68.7 Å². The first-order valence-electron chi connectivity index (χ1n) is 8.43. The molecular formula is C18H23N3O3S2. The molecule has 1 aromatic heterocycles. The average molecular weight is 394 g/mol. The number of hydrogen-bond acceptors (Lipinski definition) is 5. The highest BCUT2D eigenvalue weighted by atomic mass is 32.2. The van der Waals surface area contributed by atoms with E-state index in [4.69, 9.17) is 0 Å². The van der Waals surface area contributed by atoms with Crippen molar-refractivity contribution in [2.24, 2.45) is 0 Å². The van der Waals surface area contributed by atoms with Gasteiger partial charge >= 0.3 is 0 Å². The fraction of sp³-hybridized carbons (Fsp3) is 0.389. The lowest BCUT2D eigenvalue weighted by atomic mass is 10.2. The van der Waals surface area contributed by atoms with Crippen molar-refractivity contribution < 1.29 is 13.2 Å². The molecule has 0 aliphatic carbocycles. The molecule has 0 saturated carbocycles. The second-order valence-corrected chi connectivity index (χ2v) is 9.44. The molecule has 140 valence electrons. The summed E-state index contributed by atoms with van der Waals surface area (Å²) >= 11 is 1.70. The first-order chi connectivity index (χ1) is 12.4. The van der Waals surface area contributed by atoms with Gasteiger partial charge in [0.15, 0.2) is 0 Å². The van der Waals surface area contributed by atoms with Crippen LogP contribution < -0.4 is 0 Å². The SMILES string of the molecule is CN(C)S(=O)(=O)c1ccc(C(=O)N2CCN(Cc3ccsc3)CC2)cc1. The lowest BCUT2D eigenvalue weighted by Crippen LogP contribution is -2.48. The number of carbonyl (C=O) groups is 1. The zero-order valence-electron chi connectivity index (χ0n) is 15.0. The maximum absolute atomic E-state index is 12.7. The van der Waals surface area contributed by atoms with Gasteiger partial charge in [-0.1, -0.05) is 0 Å².